The molecule has 0 aliphatic carbocycles. The van der Waals surface area contributed by atoms with Crippen LogP contribution in [0.5, 0.6) is 0 Å². The number of likely N-dealkylation sites (N-methyl/N-ethyl adjacent to an activating group) is 1. The van der Waals surface area contributed by atoms with E-state index in [2.05, 4.69) is 63.4 Å². The van der Waals surface area contributed by atoms with Crippen molar-refractivity contribution in [1.29, 1.82) is 5.26 Å². The highest BCUT2D eigenvalue weighted by molar-refractivity contribution is 5.93. The molecule has 5 rings (SSSR count). The Bertz CT molecular complexity index is 1580. The first-order valence-corrected chi connectivity index (χ1v) is 14.1. The normalized spacial score (nSPS) is 18.7. The van der Waals surface area contributed by atoms with Gasteiger partial charge < -0.3 is 20.0 Å². The Kier molecular flexibility index (Phi) is 8.27. The van der Waals surface area contributed by atoms with E-state index in [0.717, 1.165) is 28.0 Å². The van der Waals surface area contributed by atoms with Gasteiger partial charge in [0, 0.05) is 76.7 Å². The number of carbonyl (C=O) groups excluding carboxylic acids is 2. The molecule has 1 unspecified atom stereocenters. The van der Waals surface area contributed by atoms with Crippen molar-refractivity contribution >= 4 is 34.5 Å². The number of hydrogen-bond donors (Lipinski definition) is 2. The van der Waals surface area contributed by atoms with Crippen LogP contribution in [0.15, 0.2) is 18.3 Å². The third kappa shape index (κ3) is 5.58. The Hall–Kier alpha value is -4.68. The van der Waals surface area contributed by atoms with E-state index in [9.17, 15) is 14.9 Å². The second kappa shape index (κ2) is 12.0. The number of anilines is 2. The Morgan fingerprint density at radius 1 is 1.26 bits per heavy atom. The number of nitrogens with zero attached hydrogens (tertiary/aromatic N) is 8. The van der Waals surface area contributed by atoms with E-state index in [-0.39, 0.29) is 24.4 Å². The number of nitrogens with one attached hydrogen (secondary N) is 2. The molecule has 1 fully saturated rings. The molecular weight excluding hydrogens is 532 g/mol. The number of carbonyl (C=O) groups is 2. The lowest BCUT2D eigenvalue weighted by Gasteiger charge is -2.42. The predicted molar refractivity (Wildman–Crippen MR) is 159 cm³/mol. The highest BCUT2D eigenvalue weighted by Crippen LogP contribution is 2.39. The average molecular weight is 569 g/mol. The van der Waals surface area contributed by atoms with Crippen LogP contribution >= 0.6 is 0 Å². The van der Waals surface area contributed by atoms with E-state index in [1.54, 1.807) is 23.9 Å². The van der Waals surface area contributed by atoms with E-state index in [4.69, 9.17) is 16.4 Å². The number of rotatable bonds is 7. The van der Waals surface area contributed by atoms with E-state index in [1.807, 2.05) is 6.20 Å². The maximum Gasteiger partial charge on any atom is 0.298 e. The third-order valence-electron chi connectivity index (χ3n) is 8.23. The van der Waals surface area contributed by atoms with Crippen molar-refractivity contribution in [3.8, 4) is 18.4 Å². The molecule has 12 heteroatoms. The van der Waals surface area contributed by atoms with Crippen LogP contribution in [-0.2, 0) is 22.6 Å². The minimum atomic E-state index is -0.404. The molecule has 2 aliphatic heterocycles. The van der Waals surface area contributed by atoms with Crippen LogP contribution in [0, 0.1) is 30.6 Å². The molecule has 2 atom stereocenters. The predicted octanol–water partition coefficient (Wildman–Crippen LogP) is 1.84. The van der Waals surface area contributed by atoms with Crippen LogP contribution in [-0.4, -0.2) is 100 Å². The smallest absolute Gasteiger partial charge is 0.298 e. The molecule has 1 aromatic carbocycles. The lowest BCUT2D eigenvalue weighted by molar-refractivity contribution is -0.128. The van der Waals surface area contributed by atoms with Crippen LogP contribution in [0.3, 0.4) is 0 Å². The van der Waals surface area contributed by atoms with Crippen LogP contribution < -0.4 is 10.2 Å². The zero-order chi connectivity index (χ0) is 30.0. The van der Waals surface area contributed by atoms with Crippen molar-refractivity contribution in [2.45, 2.75) is 44.8 Å². The molecular formula is C30H36N10O2. The molecule has 0 radical (unpaired) electrons. The van der Waals surface area contributed by atoms with Gasteiger partial charge in [-0.25, -0.2) is 4.98 Å². The van der Waals surface area contributed by atoms with E-state index >= 15 is 0 Å². The summed E-state index contributed by atoms with van der Waals surface area (Å²) in [6.45, 7) is 4.50. The fourth-order valence-electron chi connectivity index (χ4n) is 5.98. The summed E-state index contributed by atoms with van der Waals surface area (Å²) < 4.78 is 0. The van der Waals surface area contributed by atoms with Gasteiger partial charge in [0.2, 0.25) is 11.9 Å². The largest absolute Gasteiger partial charge is 0.354 e. The maximum absolute atomic E-state index is 12.4. The van der Waals surface area contributed by atoms with Crippen LogP contribution in [0.1, 0.15) is 41.3 Å². The van der Waals surface area contributed by atoms with E-state index < -0.39 is 5.91 Å². The second-order valence-corrected chi connectivity index (χ2v) is 11.1. The fourth-order valence-corrected chi connectivity index (χ4v) is 5.98. The SMILES string of the molecule is C#CC(=O)N1CCN(c2nc(NCCC(=O)N(C)C)nc3c2CN(C)C(c2c(C)ccc4[nH]ncc24)C3)C[C@@H]1CC#N. The molecule has 3 aromatic rings. The fraction of sp³-hybridized carbons (Fsp3) is 0.467. The topological polar surface area (TPSA) is 137 Å². The first-order chi connectivity index (χ1) is 20.2. The number of piperazine rings is 1. The van der Waals surface area contributed by atoms with Crippen molar-refractivity contribution < 1.29 is 9.59 Å². The number of nitriles is 1. The van der Waals surface area contributed by atoms with Gasteiger partial charge in [0.1, 0.15) is 5.82 Å². The monoisotopic (exact) mass is 568 g/mol. The summed E-state index contributed by atoms with van der Waals surface area (Å²) in [4.78, 5) is 42.1. The zero-order valence-corrected chi connectivity index (χ0v) is 24.5. The standard InChI is InChI=1S/C30H36N10O2/c1-6-26(41)40-14-13-39(17-20(40)9-11-31)29-22-18-38(5)25(28-19(2)7-8-23-21(28)16-33-36-23)15-24(22)34-30(35-29)32-12-10-27(42)37(3)4/h1,7-8,16,20,25H,9-10,12-15,17-18H2,2-5H3,(H,33,36)(H,32,34,35)/t20-,25?/m0/s1. The first kappa shape index (κ1) is 28.8. The summed E-state index contributed by atoms with van der Waals surface area (Å²) in [6, 6.07) is 6.10. The molecule has 2 N–H and O–H groups in total. The number of aryl methyl sites for hydroxylation is 1. The molecule has 4 heterocycles. The molecule has 0 saturated carbocycles. The number of aromatic nitrogens is 4. The van der Waals surface area contributed by atoms with Crippen molar-refractivity contribution in [2.75, 3.05) is 57.5 Å². The number of amides is 2. The zero-order valence-electron chi connectivity index (χ0n) is 24.5. The second-order valence-electron chi connectivity index (χ2n) is 11.1. The summed E-state index contributed by atoms with van der Waals surface area (Å²) in [7, 11) is 5.57. The van der Waals surface area contributed by atoms with Gasteiger partial charge in [0.05, 0.1) is 35.9 Å². The molecule has 1 saturated heterocycles. The molecule has 2 aromatic heterocycles. The summed E-state index contributed by atoms with van der Waals surface area (Å²) in [5.74, 6) is 3.04. The Morgan fingerprint density at radius 2 is 2.07 bits per heavy atom. The Labute approximate surface area is 245 Å². The average Bonchev–Trinajstić information content (AvgIpc) is 3.45. The van der Waals surface area contributed by atoms with Crippen LogP contribution in [0.25, 0.3) is 10.9 Å². The molecule has 2 aliphatic rings. The van der Waals surface area contributed by atoms with Crippen molar-refractivity contribution in [1.82, 2.24) is 34.9 Å². The molecule has 12 nitrogen and oxygen atoms in total. The van der Waals surface area contributed by atoms with Gasteiger partial charge in [-0.1, -0.05) is 6.07 Å². The molecule has 2 amide bonds. The van der Waals surface area contributed by atoms with Gasteiger partial charge >= 0.3 is 0 Å². The molecule has 0 spiro atoms. The number of benzene rings is 1. The minimum absolute atomic E-state index is 0.0136. The van der Waals surface area contributed by atoms with Crippen LogP contribution in [0.2, 0.25) is 0 Å². The first-order valence-electron chi connectivity index (χ1n) is 14.1. The van der Waals surface area contributed by atoms with E-state index in [0.29, 0.717) is 51.5 Å². The molecule has 42 heavy (non-hydrogen) atoms. The lowest BCUT2D eigenvalue weighted by atomic mass is 9.89. The van der Waals surface area contributed by atoms with Crippen molar-refractivity contribution in [3.63, 3.8) is 0 Å². The lowest BCUT2D eigenvalue weighted by Crippen LogP contribution is -2.55. The highest BCUT2D eigenvalue weighted by Gasteiger charge is 2.35. The van der Waals surface area contributed by atoms with Crippen molar-refractivity contribution in [2.24, 2.45) is 0 Å². The number of terminal acetylenes is 1. The van der Waals surface area contributed by atoms with Crippen molar-refractivity contribution in [3.05, 3.63) is 40.7 Å². The molecule has 218 valence electrons. The van der Waals surface area contributed by atoms with Gasteiger partial charge in [-0.05, 0) is 37.1 Å². The maximum atomic E-state index is 12.4. The van der Waals surface area contributed by atoms with Gasteiger partial charge in [0.15, 0.2) is 0 Å². The summed E-state index contributed by atoms with van der Waals surface area (Å²) in [5.41, 5.74) is 5.36. The Balaban J connectivity index is 1.51. The third-order valence-corrected chi connectivity index (χ3v) is 8.23. The number of fused-ring (bicyclic) bond motifs is 2. The number of hydrogen-bond acceptors (Lipinski definition) is 9. The summed E-state index contributed by atoms with van der Waals surface area (Å²) >= 11 is 0. The van der Waals surface area contributed by atoms with Gasteiger partial charge in [-0.15, -0.1) is 6.42 Å². The van der Waals surface area contributed by atoms with Gasteiger partial charge in [-0.3, -0.25) is 19.6 Å². The number of H-pyrrole nitrogens is 1. The highest BCUT2D eigenvalue weighted by atomic mass is 16.2. The van der Waals surface area contributed by atoms with Crippen LogP contribution in [0.4, 0.5) is 11.8 Å². The summed E-state index contributed by atoms with van der Waals surface area (Å²) in [6.07, 6.45) is 8.44. The summed E-state index contributed by atoms with van der Waals surface area (Å²) in [5, 5.41) is 21.2. The van der Waals surface area contributed by atoms with Gasteiger partial charge in [-0.2, -0.15) is 15.3 Å². The van der Waals surface area contributed by atoms with E-state index in [1.165, 1.54) is 11.1 Å². The number of aromatic amines is 1. The van der Waals surface area contributed by atoms with Gasteiger partial charge in [0.25, 0.3) is 5.91 Å². The minimum Gasteiger partial charge on any atom is -0.354 e. The Morgan fingerprint density at radius 3 is 2.81 bits per heavy atom. The molecule has 0 bridgehead atoms. The quantitative estimate of drug-likeness (QED) is 0.409.